The standard InChI is InChI=1S/C29H31N5O2/c1-29(2,3)36-28(35)33-16-10-15-23(19-33)34-20-31-24-18-30-26(17-25(24)34)32-27(21-11-6-4-7-12-21)22-13-8-5-9-14-22/h4-9,11-14,17-18,20,23H,10,15-16,19H2,1-3H3. The molecule has 2 aromatic carbocycles. The smallest absolute Gasteiger partial charge is 0.410 e. The quantitative estimate of drug-likeness (QED) is 0.327. The summed E-state index contributed by atoms with van der Waals surface area (Å²) in [7, 11) is 0. The van der Waals surface area contributed by atoms with E-state index in [1.165, 1.54) is 0 Å². The summed E-state index contributed by atoms with van der Waals surface area (Å²) in [5.74, 6) is 0.617. The van der Waals surface area contributed by atoms with Crippen LogP contribution < -0.4 is 0 Å². The molecule has 0 spiro atoms. The molecule has 1 atom stereocenters. The molecule has 1 saturated heterocycles. The second-order valence-electron chi connectivity index (χ2n) is 10.1. The van der Waals surface area contributed by atoms with Crippen molar-refractivity contribution in [2.75, 3.05) is 13.1 Å². The number of amides is 1. The lowest BCUT2D eigenvalue weighted by atomic mass is 10.0. The van der Waals surface area contributed by atoms with Crippen molar-refractivity contribution in [2.45, 2.75) is 45.3 Å². The van der Waals surface area contributed by atoms with Crippen LogP contribution in [0.25, 0.3) is 11.0 Å². The highest BCUT2D eigenvalue weighted by Crippen LogP contribution is 2.28. The third-order valence-corrected chi connectivity index (χ3v) is 6.21. The predicted molar refractivity (Wildman–Crippen MR) is 142 cm³/mol. The molecular weight excluding hydrogens is 450 g/mol. The zero-order valence-electron chi connectivity index (χ0n) is 21.0. The van der Waals surface area contributed by atoms with E-state index in [2.05, 4.69) is 38.8 Å². The molecule has 7 heteroatoms. The zero-order valence-corrected chi connectivity index (χ0v) is 21.0. The summed E-state index contributed by atoms with van der Waals surface area (Å²) in [5.41, 5.74) is 4.17. The van der Waals surface area contributed by atoms with Crippen LogP contribution in [0.4, 0.5) is 10.6 Å². The van der Waals surface area contributed by atoms with Gasteiger partial charge in [0, 0.05) is 30.3 Å². The van der Waals surface area contributed by atoms with Crippen molar-refractivity contribution in [3.8, 4) is 0 Å². The van der Waals surface area contributed by atoms with E-state index in [0.29, 0.717) is 18.9 Å². The van der Waals surface area contributed by atoms with E-state index < -0.39 is 5.60 Å². The summed E-state index contributed by atoms with van der Waals surface area (Å²) < 4.78 is 7.76. The molecule has 0 saturated carbocycles. The van der Waals surface area contributed by atoms with Crippen LogP contribution in [0, 0.1) is 0 Å². The van der Waals surface area contributed by atoms with Crippen molar-refractivity contribution >= 4 is 28.7 Å². The molecule has 2 aromatic heterocycles. The number of hydrogen-bond donors (Lipinski definition) is 0. The molecule has 36 heavy (non-hydrogen) atoms. The Balaban J connectivity index is 1.48. The Morgan fingerprint density at radius 3 is 2.31 bits per heavy atom. The first kappa shape index (κ1) is 23.7. The Morgan fingerprint density at radius 1 is 1.00 bits per heavy atom. The van der Waals surface area contributed by atoms with Gasteiger partial charge in [-0.1, -0.05) is 60.7 Å². The third-order valence-electron chi connectivity index (χ3n) is 6.21. The van der Waals surface area contributed by atoms with Gasteiger partial charge in [-0.15, -0.1) is 0 Å². The maximum absolute atomic E-state index is 12.7. The summed E-state index contributed by atoms with van der Waals surface area (Å²) >= 11 is 0. The number of rotatable bonds is 4. The molecule has 3 heterocycles. The Bertz CT molecular complexity index is 1330. The van der Waals surface area contributed by atoms with Crippen LogP contribution in [0.2, 0.25) is 0 Å². The van der Waals surface area contributed by atoms with E-state index in [1.807, 2.05) is 69.6 Å². The fourth-order valence-electron chi connectivity index (χ4n) is 4.55. The van der Waals surface area contributed by atoms with Crippen LogP contribution in [0.15, 0.2) is 84.2 Å². The van der Waals surface area contributed by atoms with Crippen LogP contribution in [-0.4, -0.2) is 49.9 Å². The normalized spacial score (nSPS) is 16.1. The number of ether oxygens (including phenoxy) is 1. The maximum atomic E-state index is 12.7. The van der Waals surface area contributed by atoms with Gasteiger partial charge < -0.3 is 14.2 Å². The number of fused-ring (bicyclic) bond motifs is 1. The molecule has 1 aliphatic heterocycles. The van der Waals surface area contributed by atoms with Crippen molar-refractivity contribution in [3.05, 3.63) is 90.4 Å². The van der Waals surface area contributed by atoms with Crippen LogP contribution in [-0.2, 0) is 4.74 Å². The lowest BCUT2D eigenvalue weighted by molar-refractivity contribution is 0.0174. The summed E-state index contributed by atoms with van der Waals surface area (Å²) in [6.07, 6.45) is 5.22. The van der Waals surface area contributed by atoms with Crippen molar-refractivity contribution in [1.29, 1.82) is 0 Å². The summed E-state index contributed by atoms with van der Waals surface area (Å²) in [6, 6.07) is 22.4. The van der Waals surface area contributed by atoms with E-state index in [0.717, 1.165) is 40.7 Å². The number of piperidine rings is 1. The monoisotopic (exact) mass is 481 g/mol. The van der Waals surface area contributed by atoms with Gasteiger partial charge in [-0.05, 0) is 33.6 Å². The average molecular weight is 482 g/mol. The second-order valence-corrected chi connectivity index (χ2v) is 10.1. The van der Waals surface area contributed by atoms with E-state index in [-0.39, 0.29) is 12.1 Å². The van der Waals surface area contributed by atoms with E-state index >= 15 is 0 Å². The van der Waals surface area contributed by atoms with Crippen molar-refractivity contribution in [2.24, 2.45) is 4.99 Å². The number of nitrogens with zero attached hydrogens (tertiary/aromatic N) is 5. The minimum absolute atomic E-state index is 0.109. The van der Waals surface area contributed by atoms with Gasteiger partial charge in [0.2, 0.25) is 0 Å². The first-order valence-corrected chi connectivity index (χ1v) is 12.4. The predicted octanol–water partition coefficient (Wildman–Crippen LogP) is 6.17. The van der Waals surface area contributed by atoms with Gasteiger partial charge in [-0.2, -0.15) is 0 Å². The maximum Gasteiger partial charge on any atom is 0.410 e. The molecule has 184 valence electrons. The van der Waals surface area contributed by atoms with Gasteiger partial charge in [-0.3, -0.25) is 0 Å². The molecule has 0 aliphatic carbocycles. The first-order chi connectivity index (χ1) is 17.4. The summed E-state index contributed by atoms with van der Waals surface area (Å²) in [4.78, 5) is 28.6. The zero-order chi connectivity index (χ0) is 25.1. The summed E-state index contributed by atoms with van der Waals surface area (Å²) in [5, 5.41) is 0. The number of hydrogen-bond acceptors (Lipinski definition) is 5. The lowest BCUT2D eigenvalue weighted by Crippen LogP contribution is -2.43. The number of carbonyl (C=O) groups is 1. The summed E-state index contributed by atoms with van der Waals surface area (Å²) in [6.45, 7) is 6.96. The molecule has 1 unspecified atom stereocenters. The Labute approximate surface area is 211 Å². The number of aromatic nitrogens is 3. The number of imidazole rings is 1. The van der Waals surface area contributed by atoms with Gasteiger partial charge in [0.25, 0.3) is 0 Å². The molecule has 1 amide bonds. The van der Waals surface area contributed by atoms with E-state index in [9.17, 15) is 4.79 Å². The molecule has 7 nitrogen and oxygen atoms in total. The molecule has 0 radical (unpaired) electrons. The average Bonchev–Trinajstić information content (AvgIpc) is 3.31. The highest BCUT2D eigenvalue weighted by Gasteiger charge is 2.29. The molecule has 1 aliphatic rings. The third kappa shape index (κ3) is 5.30. The lowest BCUT2D eigenvalue weighted by Gasteiger charge is -2.34. The Hall–Kier alpha value is -4.00. The molecule has 5 rings (SSSR count). The van der Waals surface area contributed by atoms with Gasteiger partial charge >= 0.3 is 6.09 Å². The van der Waals surface area contributed by atoms with Gasteiger partial charge in [0.05, 0.1) is 29.8 Å². The molecule has 0 N–H and O–H groups in total. The first-order valence-electron chi connectivity index (χ1n) is 12.4. The molecular formula is C29H31N5O2. The number of carbonyl (C=O) groups excluding carboxylic acids is 1. The Morgan fingerprint density at radius 2 is 1.67 bits per heavy atom. The molecule has 0 bridgehead atoms. The van der Waals surface area contributed by atoms with Crippen molar-refractivity contribution < 1.29 is 9.53 Å². The second kappa shape index (κ2) is 9.93. The molecule has 4 aromatic rings. The number of aliphatic imine (C=N–C) groups is 1. The number of likely N-dealkylation sites (tertiary alicyclic amines) is 1. The Kier molecular flexibility index (Phi) is 6.55. The SMILES string of the molecule is CC(C)(C)OC(=O)N1CCCC(n2cnc3cnc(N=C(c4ccccc4)c4ccccc4)cc32)C1. The van der Waals surface area contributed by atoms with Gasteiger partial charge in [0.15, 0.2) is 5.82 Å². The van der Waals surface area contributed by atoms with E-state index in [4.69, 9.17) is 9.73 Å². The minimum Gasteiger partial charge on any atom is -0.444 e. The van der Waals surface area contributed by atoms with Crippen LogP contribution in [0.1, 0.15) is 50.8 Å². The number of pyridine rings is 1. The highest BCUT2D eigenvalue weighted by atomic mass is 16.6. The van der Waals surface area contributed by atoms with Crippen molar-refractivity contribution in [1.82, 2.24) is 19.4 Å². The highest BCUT2D eigenvalue weighted by molar-refractivity contribution is 6.13. The largest absolute Gasteiger partial charge is 0.444 e. The minimum atomic E-state index is -0.514. The van der Waals surface area contributed by atoms with Gasteiger partial charge in [-0.25, -0.2) is 19.8 Å². The van der Waals surface area contributed by atoms with Crippen LogP contribution >= 0.6 is 0 Å². The topological polar surface area (TPSA) is 72.6 Å². The number of benzene rings is 2. The van der Waals surface area contributed by atoms with E-state index in [1.54, 1.807) is 11.1 Å². The fraction of sp³-hybridized carbons (Fsp3) is 0.310. The molecule has 1 fully saturated rings. The fourth-order valence-corrected chi connectivity index (χ4v) is 4.55. The van der Waals surface area contributed by atoms with Crippen molar-refractivity contribution in [3.63, 3.8) is 0 Å². The van der Waals surface area contributed by atoms with Crippen LogP contribution in [0.5, 0.6) is 0 Å². The van der Waals surface area contributed by atoms with Crippen LogP contribution in [0.3, 0.4) is 0 Å². The van der Waals surface area contributed by atoms with Gasteiger partial charge in [0.1, 0.15) is 11.1 Å².